The summed E-state index contributed by atoms with van der Waals surface area (Å²) in [6.07, 6.45) is 9.45. The summed E-state index contributed by atoms with van der Waals surface area (Å²) in [5.74, 6) is 0.512. The van der Waals surface area contributed by atoms with Gasteiger partial charge in [-0.2, -0.15) is 0 Å². The van der Waals surface area contributed by atoms with Crippen molar-refractivity contribution in [1.29, 1.82) is 0 Å². The zero-order chi connectivity index (χ0) is 7.03. The topological polar surface area (TPSA) is 17.1 Å². The predicted molar refractivity (Wildman–Crippen MR) is 39.7 cm³/mol. The van der Waals surface area contributed by atoms with E-state index in [4.69, 9.17) is 0 Å². The van der Waals surface area contributed by atoms with E-state index < -0.39 is 0 Å². The first-order valence-electron chi connectivity index (χ1n) is 4.02. The molecule has 0 aromatic rings. The normalized spacial score (nSPS) is 28.6. The first-order chi connectivity index (χ1) is 4.83. The van der Waals surface area contributed by atoms with Crippen molar-refractivity contribution in [3.05, 3.63) is 12.2 Å². The first kappa shape index (κ1) is 6.14. The fraction of sp³-hybridized carbons (Fsp3) is 0.667. The summed E-state index contributed by atoms with van der Waals surface area (Å²) in [5, 5.41) is 0. The molecule has 1 spiro atoms. The zero-order valence-corrected chi connectivity index (χ0v) is 6.10. The van der Waals surface area contributed by atoms with Gasteiger partial charge in [-0.05, 0) is 25.7 Å². The van der Waals surface area contributed by atoms with Crippen LogP contribution in [0.3, 0.4) is 0 Å². The van der Waals surface area contributed by atoms with Crippen LogP contribution in [0.4, 0.5) is 0 Å². The molecule has 0 atom stereocenters. The minimum Gasteiger partial charge on any atom is -0.299 e. The van der Waals surface area contributed by atoms with Gasteiger partial charge < -0.3 is 0 Å². The molecule has 0 saturated heterocycles. The van der Waals surface area contributed by atoms with Gasteiger partial charge >= 0.3 is 0 Å². The first-order valence-corrected chi connectivity index (χ1v) is 4.02. The second kappa shape index (κ2) is 1.94. The van der Waals surface area contributed by atoms with Crippen LogP contribution < -0.4 is 0 Å². The molecular formula is C9H12O. The van der Waals surface area contributed by atoms with E-state index in [1.54, 1.807) is 0 Å². The van der Waals surface area contributed by atoms with Crippen LogP contribution in [0.2, 0.25) is 0 Å². The number of rotatable bonds is 0. The molecule has 1 heteroatoms. The van der Waals surface area contributed by atoms with Crippen LogP contribution in [0.1, 0.15) is 32.1 Å². The van der Waals surface area contributed by atoms with E-state index in [-0.39, 0.29) is 5.41 Å². The van der Waals surface area contributed by atoms with Crippen molar-refractivity contribution >= 4 is 5.78 Å². The highest BCUT2D eigenvalue weighted by Gasteiger charge is 2.41. The highest BCUT2D eigenvalue weighted by atomic mass is 16.1. The van der Waals surface area contributed by atoms with Crippen LogP contribution in [0.15, 0.2) is 12.2 Å². The van der Waals surface area contributed by atoms with Crippen LogP contribution in [0.5, 0.6) is 0 Å². The average molecular weight is 136 g/mol. The minimum absolute atomic E-state index is 0.0972. The number of carbonyl (C=O) groups is 1. The van der Waals surface area contributed by atoms with Gasteiger partial charge in [0.25, 0.3) is 0 Å². The molecule has 54 valence electrons. The quantitative estimate of drug-likeness (QED) is 0.466. The fourth-order valence-electron chi connectivity index (χ4n) is 2.12. The summed E-state index contributed by atoms with van der Waals surface area (Å²) < 4.78 is 0. The largest absolute Gasteiger partial charge is 0.299 e. The molecule has 0 N–H and O–H groups in total. The Labute approximate surface area is 61.1 Å². The zero-order valence-electron chi connectivity index (χ0n) is 6.10. The van der Waals surface area contributed by atoms with Gasteiger partial charge in [0.2, 0.25) is 0 Å². The van der Waals surface area contributed by atoms with Crippen molar-refractivity contribution in [2.45, 2.75) is 32.1 Å². The van der Waals surface area contributed by atoms with Gasteiger partial charge in [0.15, 0.2) is 0 Å². The molecule has 1 nitrogen and oxygen atoms in total. The van der Waals surface area contributed by atoms with Crippen molar-refractivity contribution in [3.63, 3.8) is 0 Å². The number of ketones is 1. The summed E-state index contributed by atoms with van der Waals surface area (Å²) in [6, 6.07) is 0. The maximum absolute atomic E-state index is 11.4. The molecule has 0 aromatic heterocycles. The smallest absolute Gasteiger partial charge is 0.139 e. The van der Waals surface area contributed by atoms with Crippen molar-refractivity contribution in [2.24, 2.45) is 5.41 Å². The summed E-state index contributed by atoms with van der Waals surface area (Å²) in [4.78, 5) is 11.4. The number of carbonyl (C=O) groups excluding carboxylic acids is 1. The Morgan fingerprint density at radius 2 is 2.00 bits per heavy atom. The van der Waals surface area contributed by atoms with E-state index in [2.05, 4.69) is 12.2 Å². The Morgan fingerprint density at radius 1 is 1.30 bits per heavy atom. The number of Topliss-reactive ketones (excluding diaryl/α,β-unsaturated/α-hetero) is 1. The maximum atomic E-state index is 11.4. The van der Waals surface area contributed by atoms with Gasteiger partial charge in [-0.1, -0.05) is 12.2 Å². The van der Waals surface area contributed by atoms with Gasteiger partial charge in [0.1, 0.15) is 5.78 Å². The molecule has 2 rings (SSSR count). The Kier molecular flexibility index (Phi) is 1.19. The molecular weight excluding hydrogens is 124 g/mol. The van der Waals surface area contributed by atoms with Gasteiger partial charge in [-0.15, -0.1) is 0 Å². The molecule has 2 aliphatic carbocycles. The van der Waals surface area contributed by atoms with Crippen LogP contribution in [-0.2, 0) is 4.79 Å². The molecule has 1 saturated carbocycles. The number of hydrogen-bond acceptors (Lipinski definition) is 1. The van der Waals surface area contributed by atoms with Gasteiger partial charge in [0.05, 0.1) is 0 Å². The van der Waals surface area contributed by atoms with Crippen molar-refractivity contribution in [2.75, 3.05) is 0 Å². The average Bonchev–Trinajstić information content (AvgIpc) is 2.48. The standard InChI is InChI=1S/C9H12O/c10-8-4-3-7-9(8)5-1-2-6-9/h1-2H,3-7H2. The lowest BCUT2D eigenvalue weighted by Crippen LogP contribution is -2.21. The monoisotopic (exact) mass is 136 g/mol. The second-order valence-corrected chi connectivity index (χ2v) is 3.44. The highest BCUT2D eigenvalue weighted by Crippen LogP contribution is 2.44. The molecule has 0 aliphatic heterocycles. The Balaban J connectivity index is 2.22. The third-order valence-electron chi connectivity index (χ3n) is 2.83. The molecule has 10 heavy (non-hydrogen) atoms. The van der Waals surface area contributed by atoms with E-state index in [1.165, 1.54) is 0 Å². The van der Waals surface area contributed by atoms with E-state index in [0.29, 0.717) is 5.78 Å². The molecule has 0 amide bonds. The van der Waals surface area contributed by atoms with Crippen LogP contribution in [0.25, 0.3) is 0 Å². The summed E-state index contributed by atoms with van der Waals surface area (Å²) >= 11 is 0. The van der Waals surface area contributed by atoms with E-state index in [9.17, 15) is 4.79 Å². The summed E-state index contributed by atoms with van der Waals surface area (Å²) in [7, 11) is 0. The number of allylic oxidation sites excluding steroid dienone is 2. The molecule has 0 aromatic carbocycles. The van der Waals surface area contributed by atoms with Gasteiger partial charge in [-0.25, -0.2) is 0 Å². The molecule has 0 bridgehead atoms. The SMILES string of the molecule is O=C1CCCC12CC=CC2. The van der Waals surface area contributed by atoms with E-state index in [1.807, 2.05) is 0 Å². The Bertz CT molecular complexity index is 183. The second-order valence-electron chi connectivity index (χ2n) is 3.44. The lowest BCUT2D eigenvalue weighted by Gasteiger charge is -2.19. The molecule has 0 unspecified atom stereocenters. The van der Waals surface area contributed by atoms with Crippen molar-refractivity contribution in [3.8, 4) is 0 Å². The van der Waals surface area contributed by atoms with Crippen LogP contribution >= 0.6 is 0 Å². The Hall–Kier alpha value is -0.590. The minimum atomic E-state index is 0.0972. The summed E-state index contributed by atoms with van der Waals surface area (Å²) in [6.45, 7) is 0. The van der Waals surface area contributed by atoms with Crippen molar-refractivity contribution in [1.82, 2.24) is 0 Å². The third kappa shape index (κ3) is 0.664. The highest BCUT2D eigenvalue weighted by molar-refractivity contribution is 5.87. The number of hydrogen-bond donors (Lipinski definition) is 0. The van der Waals surface area contributed by atoms with Gasteiger partial charge in [0, 0.05) is 11.8 Å². The lowest BCUT2D eigenvalue weighted by atomic mass is 9.83. The maximum Gasteiger partial charge on any atom is 0.139 e. The van der Waals surface area contributed by atoms with E-state index in [0.717, 1.165) is 32.1 Å². The molecule has 0 radical (unpaired) electrons. The van der Waals surface area contributed by atoms with Crippen molar-refractivity contribution < 1.29 is 4.79 Å². The predicted octanol–water partition coefficient (Wildman–Crippen LogP) is 2.08. The summed E-state index contributed by atoms with van der Waals surface area (Å²) in [5.41, 5.74) is 0.0972. The van der Waals surface area contributed by atoms with Gasteiger partial charge in [-0.3, -0.25) is 4.79 Å². The molecule has 0 heterocycles. The lowest BCUT2D eigenvalue weighted by molar-refractivity contribution is -0.125. The van der Waals surface area contributed by atoms with Crippen LogP contribution in [-0.4, -0.2) is 5.78 Å². The third-order valence-corrected chi connectivity index (χ3v) is 2.83. The molecule has 2 aliphatic rings. The molecule has 1 fully saturated rings. The fourth-order valence-corrected chi connectivity index (χ4v) is 2.12. The van der Waals surface area contributed by atoms with E-state index >= 15 is 0 Å². The van der Waals surface area contributed by atoms with Crippen LogP contribution in [0, 0.1) is 5.41 Å². The Morgan fingerprint density at radius 3 is 2.50 bits per heavy atom.